The predicted molar refractivity (Wildman–Crippen MR) is 59.3 cm³/mol. The van der Waals surface area contributed by atoms with Crippen molar-refractivity contribution in [1.29, 1.82) is 0 Å². The Morgan fingerprint density at radius 3 is 2.79 bits per heavy atom. The molecule has 0 aromatic carbocycles. The van der Waals surface area contributed by atoms with E-state index in [9.17, 15) is 9.59 Å². The molecule has 0 aromatic rings. The van der Waals surface area contributed by atoms with Gasteiger partial charge in [0.2, 0.25) is 0 Å². The first-order valence-corrected chi connectivity index (χ1v) is 6.52. The van der Waals surface area contributed by atoms with E-state index in [-0.39, 0.29) is 17.9 Å². The highest BCUT2D eigenvalue weighted by Crippen LogP contribution is 2.43. The summed E-state index contributed by atoms with van der Waals surface area (Å²) in [5, 5.41) is 0. The summed E-state index contributed by atoms with van der Waals surface area (Å²) >= 11 is 2.20. The summed E-state index contributed by atoms with van der Waals surface area (Å²) in [6.07, 6.45) is 3.76. The molecule has 3 nitrogen and oxygen atoms in total. The van der Waals surface area contributed by atoms with Crippen molar-refractivity contribution < 1.29 is 14.3 Å². The molecule has 0 bridgehead atoms. The SMILES string of the molecule is O=C1CCCC[C@]12C[C@@H](CI)OC2=O. The minimum absolute atomic E-state index is 0.0369. The van der Waals surface area contributed by atoms with Gasteiger partial charge in [-0.2, -0.15) is 0 Å². The normalized spacial score (nSPS) is 37.6. The average molecular weight is 308 g/mol. The number of alkyl halides is 1. The molecule has 4 heteroatoms. The molecule has 1 saturated heterocycles. The smallest absolute Gasteiger partial charge is 0.320 e. The van der Waals surface area contributed by atoms with Gasteiger partial charge in [0.1, 0.15) is 17.3 Å². The van der Waals surface area contributed by atoms with Crippen LogP contribution in [0.15, 0.2) is 0 Å². The minimum atomic E-state index is -0.742. The molecule has 2 rings (SSSR count). The lowest BCUT2D eigenvalue weighted by atomic mass is 9.71. The van der Waals surface area contributed by atoms with E-state index < -0.39 is 5.41 Å². The van der Waals surface area contributed by atoms with Gasteiger partial charge >= 0.3 is 5.97 Å². The molecule has 1 heterocycles. The van der Waals surface area contributed by atoms with Crippen LogP contribution in [0.25, 0.3) is 0 Å². The van der Waals surface area contributed by atoms with Crippen molar-refractivity contribution in [3.8, 4) is 0 Å². The molecule has 2 aliphatic rings. The number of hydrogen-bond acceptors (Lipinski definition) is 3. The van der Waals surface area contributed by atoms with Crippen molar-refractivity contribution in [1.82, 2.24) is 0 Å². The fourth-order valence-electron chi connectivity index (χ4n) is 2.39. The Hall–Kier alpha value is -0.130. The fraction of sp³-hybridized carbons (Fsp3) is 0.800. The zero-order chi connectivity index (χ0) is 10.2. The summed E-state index contributed by atoms with van der Waals surface area (Å²) in [6.45, 7) is 0. The lowest BCUT2D eigenvalue weighted by Gasteiger charge is -2.27. The summed E-state index contributed by atoms with van der Waals surface area (Å²) < 4.78 is 6.00. The second-order valence-corrected chi connectivity index (χ2v) is 4.98. The first-order chi connectivity index (χ1) is 6.69. The number of ether oxygens (including phenoxy) is 1. The zero-order valence-electron chi connectivity index (χ0n) is 7.92. The lowest BCUT2D eigenvalue weighted by Crippen LogP contribution is -2.38. The van der Waals surface area contributed by atoms with Gasteiger partial charge in [0.05, 0.1) is 0 Å². The molecule has 2 atom stereocenters. The van der Waals surface area contributed by atoms with Crippen LogP contribution in [-0.4, -0.2) is 22.3 Å². The van der Waals surface area contributed by atoms with E-state index in [0.717, 1.165) is 17.3 Å². The van der Waals surface area contributed by atoms with Gasteiger partial charge in [-0.25, -0.2) is 0 Å². The van der Waals surface area contributed by atoms with Gasteiger partial charge in [-0.3, -0.25) is 9.59 Å². The van der Waals surface area contributed by atoms with E-state index in [0.29, 0.717) is 19.3 Å². The Morgan fingerprint density at radius 1 is 1.43 bits per heavy atom. The standard InChI is InChI=1S/C10H13IO3/c11-6-7-5-10(9(13)14-7)4-2-1-3-8(10)12/h7H,1-6H2/t7-,10-/m0/s1. The van der Waals surface area contributed by atoms with Crippen LogP contribution in [0.4, 0.5) is 0 Å². The first-order valence-electron chi connectivity index (χ1n) is 4.99. The van der Waals surface area contributed by atoms with Crippen LogP contribution in [0.3, 0.4) is 0 Å². The van der Waals surface area contributed by atoms with E-state index in [1.165, 1.54) is 0 Å². The van der Waals surface area contributed by atoms with E-state index in [4.69, 9.17) is 4.74 Å². The second-order valence-electron chi connectivity index (χ2n) is 4.10. The summed E-state index contributed by atoms with van der Waals surface area (Å²) in [6, 6.07) is 0. The number of cyclic esters (lactones) is 1. The van der Waals surface area contributed by atoms with Crippen LogP contribution in [-0.2, 0) is 14.3 Å². The predicted octanol–water partition coefficient (Wildman–Crippen LogP) is 1.87. The van der Waals surface area contributed by atoms with Crippen molar-refractivity contribution in [2.75, 3.05) is 4.43 Å². The van der Waals surface area contributed by atoms with Crippen molar-refractivity contribution in [2.45, 2.75) is 38.2 Å². The fourth-order valence-corrected chi connectivity index (χ4v) is 2.88. The highest BCUT2D eigenvalue weighted by molar-refractivity contribution is 14.1. The van der Waals surface area contributed by atoms with Gasteiger partial charge < -0.3 is 4.74 Å². The monoisotopic (exact) mass is 308 g/mol. The summed E-state index contributed by atoms with van der Waals surface area (Å²) in [5.74, 6) is -0.148. The van der Waals surface area contributed by atoms with Gasteiger partial charge in [-0.15, -0.1) is 0 Å². The van der Waals surface area contributed by atoms with Crippen molar-refractivity contribution in [3.05, 3.63) is 0 Å². The summed E-state index contributed by atoms with van der Waals surface area (Å²) in [5.41, 5.74) is -0.742. The second kappa shape index (κ2) is 3.79. The summed E-state index contributed by atoms with van der Waals surface area (Å²) in [4.78, 5) is 23.5. The number of esters is 1. The largest absolute Gasteiger partial charge is 0.461 e. The van der Waals surface area contributed by atoms with Crippen molar-refractivity contribution in [3.63, 3.8) is 0 Å². The van der Waals surface area contributed by atoms with Crippen molar-refractivity contribution in [2.24, 2.45) is 5.41 Å². The molecular weight excluding hydrogens is 295 g/mol. The van der Waals surface area contributed by atoms with Gasteiger partial charge in [0.15, 0.2) is 0 Å². The number of carbonyl (C=O) groups excluding carboxylic acids is 2. The molecule has 0 radical (unpaired) electrons. The Labute approximate surface area is 96.7 Å². The number of rotatable bonds is 1. The van der Waals surface area contributed by atoms with Crippen LogP contribution in [0, 0.1) is 5.41 Å². The number of Topliss-reactive ketones (excluding diaryl/α,β-unsaturated/α-hetero) is 1. The number of halogens is 1. The molecule has 1 spiro atoms. The number of ketones is 1. The maximum absolute atomic E-state index is 11.8. The Bertz CT molecular complexity index is 277. The van der Waals surface area contributed by atoms with Crippen LogP contribution < -0.4 is 0 Å². The number of hydrogen-bond donors (Lipinski definition) is 0. The zero-order valence-corrected chi connectivity index (χ0v) is 10.1. The van der Waals surface area contributed by atoms with Crippen LogP contribution >= 0.6 is 22.6 Å². The molecule has 0 aromatic heterocycles. The average Bonchev–Trinajstić information content (AvgIpc) is 2.50. The van der Waals surface area contributed by atoms with E-state index >= 15 is 0 Å². The Morgan fingerprint density at radius 2 is 2.21 bits per heavy atom. The molecule has 14 heavy (non-hydrogen) atoms. The van der Waals surface area contributed by atoms with Crippen LogP contribution in [0.1, 0.15) is 32.1 Å². The van der Waals surface area contributed by atoms with E-state index in [1.54, 1.807) is 0 Å². The third-order valence-electron chi connectivity index (χ3n) is 3.20. The van der Waals surface area contributed by atoms with Crippen LogP contribution in [0.2, 0.25) is 0 Å². The third-order valence-corrected chi connectivity index (χ3v) is 4.19. The molecule has 1 aliphatic carbocycles. The Balaban J connectivity index is 2.21. The molecule has 0 unspecified atom stereocenters. The molecule has 78 valence electrons. The molecular formula is C10H13IO3. The van der Waals surface area contributed by atoms with E-state index in [1.807, 2.05) is 0 Å². The lowest BCUT2D eigenvalue weighted by molar-refractivity contribution is -0.154. The first kappa shape index (κ1) is 10.4. The highest BCUT2D eigenvalue weighted by atomic mass is 127. The molecule has 1 aliphatic heterocycles. The van der Waals surface area contributed by atoms with Gasteiger partial charge in [-0.05, 0) is 12.8 Å². The minimum Gasteiger partial charge on any atom is -0.461 e. The third kappa shape index (κ3) is 1.47. The van der Waals surface area contributed by atoms with Gasteiger partial charge in [0, 0.05) is 17.3 Å². The van der Waals surface area contributed by atoms with Crippen molar-refractivity contribution >= 4 is 34.3 Å². The van der Waals surface area contributed by atoms with E-state index in [2.05, 4.69) is 22.6 Å². The molecule has 0 amide bonds. The molecule has 1 saturated carbocycles. The van der Waals surface area contributed by atoms with Gasteiger partial charge in [0.25, 0.3) is 0 Å². The topological polar surface area (TPSA) is 43.4 Å². The number of carbonyl (C=O) groups is 2. The van der Waals surface area contributed by atoms with Crippen LogP contribution in [0.5, 0.6) is 0 Å². The maximum atomic E-state index is 11.8. The molecule has 2 fully saturated rings. The Kier molecular flexibility index (Phi) is 2.81. The maximum Gasteiger partial charge on any atom is 0.320 e. The highest BCUT2D eigenvalue weighted by Gasteiger charge is 2.54. The van der Waals surface area contributed by atoms with Gasteiger partial charge in [-0.1, -0.05) is 29.0 Å². The molecule has 0 N–H and O–H groups in total. The summed E-state index contributed by atoms with van der Waals surface area (Å²) in [7, 11) is 0. The quantitative estimate of drug-likeness (QED) is 0.321.